The van der Waals surface area contributed by atoms with Gasteiger partial charge in [-0.15, -0.1) is 0 Å². The Hall–Kier alpha value is -3.21. The number of imidazole rings is 1. The molecule has 2 atom stereocenters. The first-order valence-electron chi connectivity index (χ1n) is 12.0. The number of hydrogen-bond acceptors (Lipinski definition) is 8. The van der Waals surface area contributed by atoms with Gasteiger partial charge in [-0.2, -0.15) is 5.10 Å². The highest BCUT2D eigenvalue weighted by atomic mass is 35.5. The molecule has 4 heterocycles. The molecule has 1 aliphatic heterocycles. The molecule has 0 radical (unpaired) electrons. The number of alkyl halides is 1. The van der Waals surface area contributed by atoms with Crippen molar-refractivity contribution in [2.24, 2.45) is 0 Å². The molecule has 1 amide bonds. The first-order valence-corrected chi connectivity index (χ1v) is 12.3. The Balaban J connectivity index is 1.41. The van der Waals surface area contributed by atoms with Gasteiger partial charge in [-0.05, 0) is 40.0 Å². The van der Waals surface area contributed by atoms with Crippen LogP contribution in [0.5, 0.6) is 5.75 Å². The molecule has 0 spiro atoms. The van der Waals surface area contributed by atoms with Gasteiger partial charge in [0.15, 0.2) is 5.65 Å². The standard InChI is InChI=1S/C24H29ClFN7O3/c1-24(2,3)36-23(34)32-8-7-15(26)16(12-32)29-22-28-10-14(25)21(30-22)17-11-27-19-9-18(35-4)20(13-5-6-13)31-33(17)19/h9-11,13,15-16H,5-8,12H2,1-4H3,(H,28,29,30)/t15-,16-/m0/s1. The monoisotopic (exact) mass is 517 g/mol. The number of halogens is 2. The highest BCUT2D eigenvalue weighted by Gasteiger charge is 2.34. The number of methoxy groups -OCH3 is 1. The zero-order valence-corrected chi connectivity index (χ0v) is 21.4. The molecule has 0 unspecified atom stereocenters. The second-order valence-corrected chi connectivity index (χ2v) is 10.6. The molecule has 0 bridgehead atoms. The number of likely N-dealkylation sites (tertiary alicyclic amines) is 1. The Morgan fingerprint density at radius 3 is 2.69 bits per heavy atom. The number of nitrogens with one attached hydrogen (secondary N) is 1. The fourth-order valence-electron chi connectivity index (χ4n) is 4.21. The molecule has 192 valence electrons. The lowest BCUT2D eigenvalue weighted by atomic mass is 10.0. The molecule has 3 aromatic rings. The quantitative estimate of drug-likeness (QED) is 0.527. The van der Waals surface area contributed by atoms with Crippen molar-refractivity contribution >= 4 is 29.3 Å². The molecule has 36 heavy (non-hydrogen) atoms. The summed E-state index contributed by atoms with van der Waals surface area (Å²) in [6.07, 6.45) is 3.74. The van der Waals surface area contributed by atoms with Gasteiger partial charge in [-0.25, -0.2) is 28.7 Å². The molecule has 12 heteroatoms. The molecular formula is C24H29ClFN7O3. The number of carbonyl (C=O) groups excluding carboxylic acids is 1. The number of anilines is 1. The maximum Gasteiger partial charge on any atom is 0.410 e. The predicted octanol–water partition coefficient (Wildman–Crippen LogP) is 4.49. The summed E-state index contributed by atoms with van der Waals surface area (Å²) in [4.78, 5) is 27.3. The van der Waals surface area contributed by atoms with Gasteiger partial charge in [0.05, 0.1) is 30.6 Å². The van der Waals surface area contributed by atoms with E-state index in [-0.39, 0.29) is 25.5 Å². The average molecular weight is 518 g/mol. The Labute approximate surface area is 213 Å². The van der Waals surface area contributed by atoms with Crippen molar-refractivity contribution in [1.82, 2.24) is 29.5 Å². The van der Waals surface area contributed by atoms with Crippen LogP contribution in [-0.2, 0) is 4.74 Å². The normalized spacial score (nSPS) is 20.4. The summed E-state index contributed by atoms with van der Waals surface area (Å²) >= 11 is 6.47. The van der Waals surface area contributed by atoms with Crippen molar-refractivity contribution in [1.29, 1.82) is 0 Å². The van der Waals surface area contributed by atoms with E-state index in [4.69, 9.17) is 26.2 Å². The summed E-state index contributed by atoms with van der Waals surface area (Å²) < 4.78 is 27.5. The second-order valence-electron chi connectivity index (χ2n) is 10.2. The smallest absolute Gasteiger partial charge is 0.410 e. The molecule has 5 rings (SSSR count). The Morgan fingerprint density at radius 1 is 1.22 bits per heavy atom. The Kier molecular flexibility index (Phi) is 6.36. The summed E-state index contributed by atoms with van der Waals surface area (Å²) in [5.74, 6) is 1.26. The van der Waals surface area contributed by atoms with Gasteiger partial charge in [0.25, 0.3) is 0 Å². The molecule has 10 nitrogen and oxygen atoms in total. The van der Waals surface area contributed by atoms with Crippen LogP contribution in [0, 0.1) is 0 Å². The van der Waals surface area contributed by atoms with E-state index >= 15 is 0 Å². The lowest BCUT2D eigenvalue weighted by Gasteiger charge is -2.36. The van der Waals surface area contributed by atoms with Crippen molar-refractivity contribution in [2.45, 2.75) is 63.8 Å². The van der Waals surface area contributed by atoms with Crippen molar-refractivity contribution < 1.29 is 18.7 Å². The van der Waals surface area contributed by atoms with Crippen LogP contribution in [0.2, 0.25) is 5.02 Å². The van der Waals surface area contributed by atoms with Gasteiger partial charge in [0, 0.05) is 25.1 Å². The zero-order valence-electron chi connectivity index (χ0n) is 20.7. The Morgan fingerprint density at radius 2 is 2.00 bits per heavy atom. The van der Waals surface area contributed by atoms with Gasteiger partial charge in [-0.1, -0.05) is 11.6 Å². The Bertz CT molecular complexity index is 1290. The lowest BCUT2D eigenvalue weighted by molar-refractivity contribution is 0.0150. The van der Waals surface area contributed by atoms with E-state index in [1.165, 1.54) is 11.1 Å². The van der Waals surface area contributed by atoms with Crippen molar-refractivity contribution in [3.63, 3.8) is 0 Å². The average Bonchev–Trinajstić information content (AvgIpc) is 3.59. The maximum atomic E-state index is 14.8. The van der Waals surface area contributed by atoms with Gasteiger partial charge in [0.1, 0.15) is 34.6 Å². The molecular weight excluding hydrogens is 489 g/mol. The van der Waals surface area contributed by atoms with Crippen LogP contribution in [0.1, 0.15) is 51.6 Å². The minimum atomic E-state index is -1.18. The van der Waals surface area contributed by atoms with Crippen LogP contribution >= 0.6 is 11.6 Å². The third kappa shape index (κ3) is 5.02. The molecule has 2 aliphatic rings. The molecule has 3 aromatic heterocycles. The first kappa shape index (κ1) is 24.5. The van der Waals surface area contributed by atoms with Gasteiger partial charge in [0.2, 0.25) is 5.95 Å². The summed E-state index contributed by atoms with van der Waals surface area (Å²) in [5, 5.41) is 8.12. The van der Waals surface area contributed by atoms with E-state index in [1.54, 1.807) is 38.6 Å². The minimum absolute atomic E-state index is 0.124. The number of carbonyl (C=O) groups is 1. The molecule has 2 fully saturated rings. The van der Waals surface area contributed by atoms with Crippen LogP contribution < -0.4 is 10.1 Å². The molecule has 1 saturated heterocycles. The van der Waals surface area contributed by atoms with Crippen LogP contribution in [0.25, 0.3) is 17.0 Å². The molecule has 1 saturated carbocycles. The fourth-order valence-corrected chi connectivity index (χ4v) is 4.40. The van der Waals surface area contributed by atoms with Crippen molar-refractivity contribution in [3.8, 4) is 17.1 Å². The lowest BCUT2D eigenvalue weighted by Crippen LogP contribution is -2.52. The van der Waals surface area contributed by atoms with Crippen LogP contribution in [-0.4, -0.2) is 73.6 Å². The number of rotatable bonds is 5. The largest absolute Gasteiger partial charge is 0.495 e. The number of aromatic nitrogens is 5. The van der Waals surface area contributed by atoms with Gasteiger partial charge in [-0.3, -0.25) is 0 Å². The zero-order chi connectivity index (χ0) is 25.6. The topological polar surface area (TPSA) is 107 Å². The predicted molar refractivity (Wildman–Crippen MR) is 132 cm³/mol. The summed E-state index contributed by atoms with van der Waals surface area (Å²) in [7, 11) is 1.62. The number of ether oxygens (including phenoxy) is 2. The summed E-state index contributed by atoms with van der Waals surface area (Å²) in [6.45, 7) is 5.79. The van der Waals surface area contributed by atoms with Crippen LogP contribution in [0.15, 0.2) is 18.5 Å². The van der Waals surface area contributed by atoms with E-state index in [0.29, 0.717) is 33.7 Å². The number of nitrogens with zero attached hydrogens (tertiary/aromatic N) is 6. The second kappa shape index (κ2) is 9.34. The minimum Gasteiger partial charge on any atom is -0.495 e. The highest BCUT2D eigenvalue weighted by Crippen LogP contribution is 2.43. The highest BCUT2D eigenvalue weighted by molar-refractivity contribution is 6.32. The molecule has 1 aliphatic carbocycles. The van der Waals surface area contributed by atoms with E-state index in [9.17, 15) is 9.18 Å². The van der Waals surface area contributed by atoms with E-state index < -0.39 is 23.9 Å². The summed E-state index contributed by atoms with van der Waals surface area (Å²) in [5.41, 5.74) is 1.83. The third-order valence-electron chi connectivity index (χ3n) is 6.15. The van der Waals surface area contributed by atoms with Crippen molar-refractivity contribution in [3.05, 3.63) is 29.2 Å². The van der Waals surface area contributed by atoms with E-state index in [1.807, 2.05) is 6.07 Å². The van der Waals surface area contributed by atoms with E-state index in [0.717, 1.165) is 18.5 Å². The third-order valence-corrected chi connectivity index (χ3v) is 6.43. The number of amides is 1. The van der Waals surface area contributed by atoms with Crippen molar-refractivity contribution in [2.75, 3.05) is 25.5 Å². The number of piperidine rings is 1. The fraction of sp³-hybridized carbons (Fsp3) is 0.542. The maximum absolute atomic E-state index is 14.8. The molecule has 1 N–H and O–H groups in total. The number of fused-ring (bicyclic) bond motifs is 1. The van der Waals surface area contributed by atoms with Gasteiger partial charge < -0.3 is 19.7 Å². The molecule has 0 aromatic carbocycles. The SMILES string of the molecule is COc1cc2ncc(-c3nc(N[C@H]4CN(C(=O)OC(C)(C)C)CC[C@@H]4F)ncc3Cl)n2nc1C1CC1. The van der Waals surface area contributed by atoms with Crippen LogP contribution in [0.3, 0.4) is 0 Å². The first-order chi connectivity index (χ1) is 17.1. The van der Waals surface area contributed by atoms with E-state index in [2.05, 4.69) is 20.3 Å². The van der Waals surface area contributed by atoms with Crippen LogP contribution in [0.4, 0.5) is 15.1 Å². The van der Waals surface area contributed by atoms with Gasteiger partial charge >= 0.3 is 6.09 Å². The summed E-state index contributed by atoms with van der Waals surface area (Å²) in [6, 6.07) is 1.14. The number of hydrogen-bond donors (Lipinski definition) is 1.